The SMILES string of the molecule is CC(=O)c1nn(CC(=O)N2[C@H](C(=O)Cc3nc(Br)ccc3CN3CCOCC3)C[C@@]3(C)C[C@@H]23)c2cnc(-c3cnc(C)nc3)cc12. The fraction of sp³-hybridized carbons (Fsp3) is 0.455. The molecule has 0 unspecified atom stereocenters. The number of hydrogen-bond donors (Lipinski definition) is 0. The highest BCUT2D eigenvalue weighted by Gasteiger charge is 2.64. The molecule has 0 bridgehead atoms. The van der Waals surface area contributed by atoms with Gasteiger partial charge in [-0.3, -0.25) is 28.9 Å². The molecule has 0 aromatic carbocycles. The first kappa shape index (κ1) is 30.7. The number of hydrogen-bond acceptors (Lipinski definition) is 10. The Morgan fingerprint density at radius 3 is 2.57 bits per heavy atom. The zero-order valence-corrected chi connectivity index (χ0v) is 27.7. The highest BCUT2D eigenvalue weighted by atomic mass is 79.9. The molecule has 0 N–H and O–H groups in total. The van der Waals surface area contributed by atoms with Gasteiger partial charge in [-0.05, 0) is 58.8 Å². The predicted molar refractivity (Wildman–Crippen MR) is 172 cm³/mol. The number of ether oxygens (including phenoxy) is 1. The summed E-state index contributed by atoms with van der Waals surface area (Å²) in [5.41, 5.74) is 3.81. The lowest BCUT2D eigenvalue weighted by Crippen LogP contribution is -2.45. The number of pyridine rings is 2. The van der Waals surface area contributed by atoms with Crippen LogP contribution in [0, 0.1) is 12.3 Å². The van der Waals surface area contributed by atoms with Gasteiger partial charge in [0.2, 0.25) is 5.91 Å². The monoisotopic (exact) mass is 686 g/mol. The number of amides is 1. The molecule has 6 heterocycles. The number of piperidine rings is 1. The van der Waals surface area contributed by atoms with Crippen LogP contribution in [0.5, 0.6) is 0 Å². The number of halogens is 1. The smallest absolute Gasteiger partial charge is 0.245 e. The van der Waals surface area contributed by atoms with Gasteiger partial charge in [0.25, 0.3) is 0 Å². The number of ketones is 2. The molecule has 4 aromatic heterocycles. The Balaban J connectivity index is 1.13. The normalized spacial score (nSPS) is 22.7. The third kappa shape index (κ3) is 5.87. The molecular formula is C33H35BrN8O4. The molecule has 46 heavy (non-hydrogen) atoms. The van der Waals surface area contributed by atoms with Crippen LogP contribution < -0.4 is 0 Å². The number of aromatic nitrogens is 6. The third-order valence-corrected chi connectivity index (χ3v) is 9.94. The first-order valence-electron chi connectivity index (χ1n) is 15.5. The van der Waals surface area contributed by atoms with Gasteiger partial charge in [-0.25, -0.2) is 15.0 Å². The van der Waals surface area contributed by atoms with Crippen molar-refractivity contribution in [2.75, 3.05) is 26.3 Å². The molecule has 1 aliphatic carbocycles. The van der Waals surface area contributed by atoms with Gasteiger partial charge >= 0.3 is 0 Å². The maximum absolute atomic E-state index is 14.0. The minimum Gasteiger partial charge on any atom is -0.379 e. The van der Waals surface area contributed by atoms with Gasteiger partial charge in [0.15, 0.2) is 11.6 Å². The van der Waals surface area contributed by atoms with E-state index in [0.29, 0.717) is 58.8 Å². The summed E-state index contributed by atoms with van der Waals surface area (Å²) in [6.45, 7) is 9.04. The molecule has 2 saturated heterocycles. The Kier molecular flexibility index (Phi) is 8.02. The summed E-state index contributed by atoms with van der Waals surface area (Å²) < 4.78 is 7.70. The summed E-state index contributed by atoms with van der Waals surface area (Å²) in [6.07, 6.45) is 6.62. The maximum atomic E-state index is 14.0. The number of fused-ring (bicyclic) bond motifs is 2. The number of nitrogens with zero attached hydrogens (tertiary/aromatic N) is 8. The van der Waals surface area contributed by atoms with Crippen molar-refractivity contribution in [3.8, 4) is 11.3 Å². The standard InChI is InChI=1S/C33H35BrN8O4/c1-19(43)32-23-10-24(22-14-35-20(2)36-15-22)37-16-27(23)41(39-32)18-31(45)42-26(12-33(3)13-29(33)42)28(44)11-25-21(4-5-30(34)38-25)17-40-6-8-46-9-7-40/h4-5,10,14-16,26,29H,6-9,11-13,17-18H2,1-3H3/t26-,29+,33-/m0/s1. The maximum Gasteiger partial charge on any atom is 0.245 e. The van der Waals surface area contributed by atoms with Crippen molar-refractivity contribution >= 4 is 44.3 Å². The Labute approximate surface area is 274 Å². The van der Waals surface area contributed by atoms with Crippen LogP contribution >= 0.6 is 15.9 Å². The van der Waals surface area contributed by atoms with Gasteiger partial charge in [0.1, 0.15) is 22.7 Å². The second-order valence-electron chi connectivity index (χ2n) is 12.8. The zero-order valence-electron chi connectivity index (χ0n) is 26.1. The van der Waals surface area contributed by atoms with Crippen LogP contribution in [-0.4, -0.2) is 95.4 Å². The summed E-state index contributed by atoms with van der Waals surface area (Å²) in [5.74, 6) is 0.215. The van der Waals surface area contributed by atoms with Crippen molar-refractivity contribution in [1.82, 2.24) is 39.5 Å². The zero-order chi connectivity index (χ0) is 32.2. The summed E-state index contributed by atoms with van der Waals surface area (Å²) in [4.78, 5) is 62.5. The Hall–Kier alpha value is -3.94. The van der Waals surface area contributed by atoms with Gasteiger partial charge < -0.3 is 9.64 Å². The van der Waals surface area contributed by atoms with Crippen LogP contribution in [0.15, 0.2) is 41.4 Å². The van der Waals surface area contributed by atoms with E-state index in [-0.39, 0.29) is 47.6 Å². The Morgan fingerprint density at radius 1 is 1.07 bits per heavy atom. The molecule has 0 radical (unpaired) electrons. The van der Waals surface area contributed by atoms with Crippen LogP contribution in [0.1, 0.15) is 54.3 Å². The molecule has 13 heteroatoms. The van der Waals surface area contributed by atoms with E-state index in [9.17, 15) is 14.4 Å². The number of rotatable bonds is 9. The van der Waals surface area contributed by atoms with Crippen LogP contribution in [0.4, 0.5) is 0 Å². The Bertz CT molecular complexity index is 1850. The van der Waals surface area contributed by atoms with Gasteiger partial charge in [0, 0.05) is 55.9 Å². The van der Waals surface area contributed by atoms with Crippen molar-refractivity contribution in [2.24, 2.45) is 5.41 Å². The van der Waals surface area contributed by atoms with E-state index in [0.717, 1.165) is 30.8 Å². The summed E-state index contributed by atoms with van der Waals surface area (Å²) in [6, 6.07) is 5.16. The molecule has 4 aromatic rings. The van der Waals surface area contributed by atoms with Crippen molar-refractivity contribution < 1.29 is 19.1 Å². The number of likely N-dealkylation sites (tertiary alicyclic amines) is 1. The highest BCUT2D eigenvalue weighted by molar-refractivity contribution is 9.10. The van der Waals surface area contributed by atoms with Crippen LogP contribution in [0.2, 0.25) is 0 Å². The largest absolute Gasteiger partial charge is 0.379 e. The molecule has 1 amide bonds. The van der Waals surface area contributed by atoms with Gasteiger partial charge in [0.05, 0.1) is 48.8 Å². The molecular weight excluding hydrogens is 652 g/mol. The lowest BCUT2D eigenvalue weighted by Gasteiger charge is -2.28. The third-order valence-electron chi connectivity index (χ3n) is 9.50. The second-order valence-corrected chi connectivity index (χ2v) is 13.6. The molecule has 7 rings (SSSR count). The fourth-order valence-corrected chi connectivity index (χ4v) is 7.18. The minimum atomic E-state index is -0.548. The lowest BCUT2D eigenvalue weighted by atomic mass is 9.96. The predicted octanol–water partition coefficient (Wildman–Crippen LogP) is 3.58. The van der Waals surface area contributed by atoms with E-state index in [1.165, 1.54) is 11.6 Å². The highest BCUT2D eigenvalue weighted by Crippen LogP contribution is 2.59. The van der Waals surface area contributed by atoms with E-state index in [1.807, 2.05) is 12.1 Å². The quantitative estimate of drug-likeness (QED) is 0.190. The van der Waals surface area contributed by atoms with Crippen molar-refractivity contribution in [1.29, 1.82) is 0 Å². The average molecular weight is 688 g/mol. The summed E-state index contributed by atoms with van der Waals surface area (Å²) >= 11 is 3.48. The first-order chi connectivity index (χ1) is 22.1. The van der Waals surface area contributed by atoms with Gasteiger partial charge in [-0.1, -0.05) is 13.0 Å². The number of carbonyl (C=O) groups excluding carboxylic acids is 3. The fourth-order valence-electron chi connectivity index (χ4n) is 6.84. The summed E-state index contributed by atoms with van der Waals surface area (Å²) in [7, 11) is 0. The van der Waals surface area contributed by atoms with Gasteiger partial charge in [-0.15, -0.1) is 0 Å². The van der Waals surface area contributed by atoms with Crippen molar-refractivity contribution in [3.05, 3.63) is 64.2 Å². The van der Waals surface area contributed by atoms with E-state index in [2.05, 4.69) is 47.8 Å². The van der Waals surface area contributed by atoms with Crippen LogP contribution in [0.3, 0.4) is 0 Å². The number of aryl methyl sites for hydroxylation is 1. The number of Topliss-reactive ketones (excluding diaryl/α,β-unsaturated/α-hetero) is 2. The lowest BCUT2D eigenvalue weighted by molar-refractivity contribution is -0.139. The van der Waals surface area contributed by atoms with E-state index in [1.54, 1.807) is 36.5 Å². The average Bonchev–Trinajstić information content (AvgIpc) is 3.40. The second kappa shape index (κ2) is 12.0. The Morgan fingerprint density at radius 2 is 1.83 bits per heavy atom. The molecule has 3 fully saturated rings. The molecule has 238 valence electrons. The number of carbonyl (C=O) groups is 3. The van der Waals surface area contributed by atoms with E-state index in [4.69, 9.17) is 9.72 Å². The van der Waals surface area contributed by atoms with Crippen molar-refractivity contribution in [2.45, 2.75) is 65.2 Å². The van der Waals surface area contributed by atoms with Crippen LogP contribution in [-0.2, 0) is 33.8 Å². The molecule has 12 nitrogen and oxygen atoms in total. The number of morpholine rings is 1. The van der Waals surface area contributed by atoms with Gasteiger partial charge in [-0.2, -0.15) is 5.10 Å². The molecule has 1 saturated carbocycles. The molecule has 3 atom stereocenters. The van der Waals surface area contributed by atoms with E-state index < -0.39 is 6.04 Å². The van der Waals surface area contributed by atoms with Crippen molar-refractivity contribution in [3.63, 3.8) is 0 Å². The molecule has 3 aliphatic rings. The topological polar surface area (TPSA) is 136 Å². The minimum absolute atomic E-state index is 0.00221. The van der Waals surface area contributed by atoms with Crippen LogP contribution in [0.25, 0.3) is 22.2 Å². The molecule has 2 aliphatic heterocycles. The first-order valence-corrected chi connectivity index (χ1v) is 16.3. The van der Waals surface area contributed by atoms with E-state index >= 15 is 0 Å². The summed E-state index contributed by atoms with van der Waals surface area (Å²) in [5, 5.41) is 5.16. The molecule has 0 spiro atoms.